The molecule has 2 heterocycles. The molecule has 0 radical (unpaired) electrons. The summed E-state index contributed by atoms with van der Waals surface area (Å²) < 4.78 is 0. The van der Waals surface area contributed by atoms with Crippen molar-refractivity contribution in [2.75, 3.05) is 0 Å². The average Bonchev–Trinajstić information content (AvgIpc) is 2.30. The zero-order valence-corrected chi connectivity index (χ0v) is 7.59. The molecule has 0 amide bonds. The summed E-state index contributed by atoms with van der Waals surface area (Å²) in [6.45, 7) is 3.69. The minimum atomic E-state index is 0.756. The van der Waals surface area contributed by atoms with Crippen LogP contribution in [0.5, 0.6) is 0 Å². The predicted molar refractivity (Wildman–Crippen MR) is 55.4 cm³/mol. The van der Waals surface area contributed by atoms with Crippen LogP contribution >= 0.6 is 0 Å². The maximum Gasteiger partial charge on any atom is 0.114 e. The molecule has 2 aromatic rings. The van der Waals surface area contributed by atoms with E-state index in [1.54, 1.807) is 24.7 Å². The summed E-state index contributed by atoms with van der Waals surface area (Å²) in [5.74, 6) is 0. The van der Waals surface area contributed by atoms with Gasteiger partial charge in [0, 0.05) is 18.6 Å². The molecule has 0 atom stereocenters. The lowest BCUT2D eigenvalue weighted by atomic mass is 10.2. The highest BCUT2D eigenvalue weighted by molar-refractivity contribution is 5.65. The Morgan fingerprint density at radius 1 is 1.00 bits per heavy atom. The van der Waals surface area contributed by atoms with Crippen molar-refractivity contribution in [1.29, 1.82) is 0 Å². The molecule has 0 saturated carbocycles. The largest absolute Gasteiger partial charge is 0.255 e. The second-order valence-electron chi connectivity index (χ2n) is 2.71. The number of pyridine rings is 1. The topological polar surface area (TPSA) is 38.7 Å². The molecule has 0 unspecified atom stereocenters. The van der Waals surface area contributed by atoms with Gasteiger partial charge >= 0.3 is 0 Å². The lowest BCUT2D eigenvalue weighted by Gasteiger charge is -2.01. The molecule has 0 aromatic carbocycles. The van der Waals surface area contributed by atoms with Gasteiger partial charge in [-0.05, 0) is 18.2 Å². The molecule has 0 N–H and O–H groups in total. The van der Waals surface area contributed by atoms with Crippen LogP contribution in [0.4, 0.5) is 0 Å². The van der Waals surface area contributed by atoms with Gasteiger partial charge in [0.05, 0.1) is 11.4 Å². The normalized spacial score (nSPS) is 9.71. The lowest BCUT2D eigenvalue weighted by molar-refractivity contribution is 1.16. The maximum absolute atomic E-state index is 4.22. The second-order valence-corrected chi connectivity index (χ2v) is 2.71. The fourth-order valence-corrected chi connectivity index (χ4v) is 1.20. The SMILES string of the molecule is C=Cc1nccnc1-c1ccccn1. The van der Waals surface area contributed by atoms with Crippen molar-refractivity contribution >= 4 is 6.08 Å². The van der Waals surface area contributed by atoms with Gasteiger partial charge in [0.2, 0.25) is 0 Å². The molecule has 0 spiro atoms. The molecule has 3 heteroatoms. The minimum absolute atomic E-state index is 0.756. The molecule has 14 heavy (non-hydrogen) atoms. The molecule has 0 fully saturated rings. The highest BCUT2D eigenvalue weighted by atomic mass is 14.8. The van der Waals surface area contributed by atoms with Crippen LogP contribution in [-0.4, -0.2) is 15.0 Å². The first kappa shape index (κ1) is 8.56. The van der Waals surface area contributed by atoms with E-state index in [2.05, 4.69) is 21.5 Å². The fourth-order valence-electron chi connectivity index (χ4n) is 1.20. The third kappa shape index (κ3) is 1.52. The number of aromatic nitrogens is 3. The molecule has 0 aliphatic carbocycles. The van der Waals surface area contributed by atoms with Gasteiger partial charge in [-0.25, -0.2) is 0 Å². The van der Waals surface area contributed by atoms with Crippen molar-refractivity contribution in [3.63, 3.8) is 0 Å². The standard InChI is InChI=1S/C11H9N3/c1-2-9-11(14-8-7-13-9)10-5-3-4-6-12-10/h2-8H,1H2. The first-order valence-electron chi connectivity index (χ1n) is 4.26. The van der Waals surface area contributed by atoms with E-state index in [1.807, 2.05) is 18.2 Å². The zero-order chi connectivity index (χ0) is 9.80. The molecule has 3 nitrogen and oxygen atoms in total. The molecule has 0 aliphatic heterocycles. The van der Waals surface area contributed by atoms with Gasteiger partial charge in [0.25, 0.3) is 0 Å². The monoisotopic (exact) mass is 183 g/mol. The van der Waals surface area contributed by atoms with Crippen LogP contribution in [0, 0.1) is 0 Å². The van der Waals surface area contributed by atoms with Crippen molar-refractivity contribution in [3.05, 3.63) is 49.1 Å². The maximum atomic E-state index is 4.22. The molecule has 2 rings (SSSR count). The van der Waals surface area contributed by atoms with E-state index in [0.29, 0.717) is 0 Å². The van der Waals surface area contributed by atoms with E-state index >= 15 is 0 Å². The molecule has 0 saturated heterocycles. The van der Waals surface area contributed by atoms with Gasteiger partial charge in [-0.1, -0.05) is 12.6 Å². The summed E-state index contributed by atoms with van der Waals surface area (Å²) in [5, 5.41) is 0. The summed E-state index contributed by atoms with van der Waals surface area (Å²) in [6.07, 6.45) is 6.70. The van der Waals surface area contributed by atoms with E-state index in [4.69, 9.17) is 0 Å². The summed E-state index contributed by atoms with van der Waals surface area (Å²) in [5.41, 5.74) is 2.34. The van der Waals surface area contributed by atoms with Crippen molar-refractivity contribution < 1.29 is 0 Å². The highest BCUT2D eigenvalue weighted by Crippen LogP contribution is 2.16. The summed E-state index contributed by atoms with van der Waals surface area (Å²) in [7, 11) is 0. The van der Waals surface area contributed by atoms with Gasteiger partial charge in [-0.15, -0.1) is 0 Å². The van der Waals surface area contributed by atoms with Gasteiger partial charge in [0.1, 0.15) is 5.69 Å². The van der Waals surface area contributed by atoms with E-state index in [9.17, 15) is 0 Å². The highest BCUT2D eigenvalue weighted by Gasteiger charge is 2.04. The van der Waals surface area contributed by atoms with Crippen LogP contribution in [-0.2, 0) is 0 Å². The van der Waals surface area contributed by atoms with E-state index < -0.39 is 0 Å². The van der Waals surface area contributed by atoms with Crippen LogP contribution in [0.3, 0.4) is 0 Å². The summed E-state index contributed by atoms with van der Waals surface area (Å²) in [6, 6.07) is 5.69. The van der Waals surface area contributed by atoms with Crippen molar-refractivity contribution in [1.82, 2.24) is 15.0 Å². The van der Waals surface area contributed by atoms with Crippen molar-refractivity contribution in [2.24, 2.45) is 0 Å². The van der Waals surface area contributed by atoms with Gasteiger partial charge < -0.3 is 0 Å². The lowest BCUT2D eigenvalue weighted by Crippen LogP contribution is -1.92. The molecular weight excluding hydrogens is 174 g/mol. The quantitative estimate of drug-likeness (QED) is 0.716. The van der Waals surface area contributed by atoms with E-state index in [-0.39, 0.29) is 0 Å². The Morgan fingerprint density at radius 3 is 2.57 bits per heavy atom. The Kier molecular flexibility index (Phi) is 2.32. The minimum Gasteiger partial charge on any atom is -0.255 e. The van der Waals surface area contributed by atoms with Crippen molar-refractivity contribution in [2.45, 2.75) is 0 Å². The third-order valence-corrected chi connectivity index (χ3v) is 1.83. The number of hydrogen-bond acceptors (Lipinski definition) is 3. The molecular formula is C11H9N3. The first-order valence-corrected chi connectivity index (χ1v) is 4.26. The number of rotatable bonds is 2. The Bertz CT molecular complexity index is 437. The Hall–Kier alpha value is -2.03. The van der Waals surface area contributed by atoms with Gasteiger partial charge in [0.15, 0.2) is 0 Å². The Balaban J connectivity index is 2.57. The first-order chi connectivity index (χ1) is 6.92. The average molecular weight is 183 g/mol. The number of nitrogens with zero attached hydrogens (tertiary/aromatic N) is 3. The smallest absolute Gasteiger partial charge is 0.114 e. The Labute approximate surface area is 82.2 Å². The molecule has 2 aromatic heterocycles. The summed E-state index contributed by atoms with van der Waals surface area (Å²) in [4.78, 5) is 12.6. The molecule has 0 aliphatic rings. The van der Waals surface area contributed by atoms with Gasteiger partial charge in [-0.2, -0.15) is 0 Å². The van der Waals surface area contributed by atoms with Crippen LogP contribution in [0.25, 0.3) is 17.5 Å². The molecule has 68 valence electrons. The zero-order valence-electron chi connectivity index (χ0n) is 7.59. The van der Waals surface area contributed by atoms with E-state index in [0.717, 1.165) is 17.1 Å². The third-order valence-electron chi connectivity index (χ3n) is 1.83. The van der Waals surface area contributed by atoms with Crippen LogP contribution in [0.15, 0.2) is 43.4 Å². The summed E-state index contributed by atoms with van der Waals surface area (Å²) >= 11 is 0. The second kappa shape index (κ2) is 3.79. The molecule has 0 bridgehead atoms. The fraction of sp³-hybridized carbons (Fsp3) is 0. The Morgan fingerprint density at radius 2 is 1.86 bits per heavy atom. The van der Waals surface area contributed by atoms with Crippen LogP contribution in [0.1, 0.15) is 5.69 Å². The van der Waals surface area contributed by atoms with Crippen molar-refractivity contribution in [3.8, 4) is 11.4 Å². The van der Waals surface area contributed by atoms with Gasteiger partial charge in [-0.3, -0.25) is 15.0 Å². The van der Waals surface area contributed by atoms with Crippen LogP contribution < -0.4 is 0 Å². The van der Waals surface area contributed by atoms with E-state index in [1.165, 1.54) is 0 Å². The predicted octanol–water partition coefficient (Wildman–Crippen LogP) is 2.18. The van der Waals surface area contributed by atoms with Crippen LogP contribution in [0.2, 0.25) is 0 Å². The number of hydrogen-bond donors (Lipinski definition) is 0.